The van der Waals surface area contributed by atoms with Crippen molar-refractivity contribution in [2.45, 2.75) is 11.4 Å². The highest BCUT2D eigenvalue weighted by atomic mass is 32.2. The third-order valence-corrected chi connectivity index (χ3v) is 6.58. The second-order valence-electron chi connectivity index (χ2n) is 6.44. The van der Waals surface area contributed by atoms with Gasteiger partial charge in [-0.1, -0.05) is 11.3 Å². The number of benzene rings is 2. The summed E-state index contributed by atoms with van der Waals surface area (Å²) in [5, 5.41) is 0. The second kappa shape index (κ2) is 8.90. The molecule has 11 heteroatoms. The van der Waals surface area contributed by atoms with Crippen molar-refractivity contribution in [3.8, 4) is 11.5 Å². The Morgan fingerprint density at radius 2 is 1.74 bits per heavy atom. The number of carbonyl (C=O) groups excluding carboxylic acids is 2. The SMILES string of the molecule is COC(=O)Cn1c(=NC(=O)c2ccc(OC)c(OC)c2)sc2cc(S(C)(=O)=O)ccc21. The average molecular weight is 465 g/mol. The molecule has 0 unspecified atom stereocenters. The van der Waals surface area contributed by atoms with Crippen molar-refractivity contribution in [3.05, 3.63) is 46.8 Å². The third kappa shape index (κ3) is 4.78. The Morgan fingerprint density at radius 3 is 2.35 bits per heavy atom. The molecule has 0 bridgehead atoms. The highest BCUT2D eigenvalue weighted by Gasteiger charge is 2.16. The molecule has 1 heterocycles. The van der Waals surface area contributed by atoms with Crippen molar-refractivity contribution >= 4 is 43.3 Å². The van der Waals surface area contributed by atoms with E-state index in [4.69, 9.17) is 14.2 Å². The predicted molar refractivity (Wildman–Crippen MR) is 114 cm³/mol. The predicted octanol–water partition coefficient (Wildman–Crippen LogP) is 2.04. The number of hydrogen-bond donors (Lipinski definition) is 0. The average Bonchev–Trinajstić information content (AvgIpc) is 3.08. The van der Waals surface area contributed by atoms with Crippen molar-refractivity contribution in [1.82, 2.24) is 4.57 Å². The van der Waals surface area contributed by atoms with Crippen LogP contribution in [0.15, 0.2) is 46.3 Å². The smallest absolute Gasteiger partial charge is 0.325 e. The lowest BCUT2D eigenvalue weighted by Gasteiger charge is -2.08. The zero-order valence-electron chi connectivity index (χ0n) is 17.2. The topological polar surface area (TPSA) is 113 Å². The summed E-state index contributed by atoms with van der Waals surface area (Å²) in [5.41, 5.74) is 0.818. The fraction of sp³-hybridized carbons (Fsp3) is 0.250. The molecule has 31 heavy (non-hydrogen) atoms. The number of thiazole rings is 1. The van der Waals surface area contributed by atoms with Gasteiger partial charge in [0, 0.05) is 11.8 Å². The van der Waals surface area contributed by atoms with Crippen LogP contribution in [0.5, 0.6) is 11.5 Å². The minimum atomic E-state index is -3.42. The molecule has 0 saturated heterocycles. The number of amides is 1. The van der Waals surface area contributed by atoms with Gasteiger partial charge < -0.3 is 18.8 Å². The largest absolute Gasteiger partial charge is 0.493 e. The third-order valence-electron chi connectivity index (χ3n) is 4.42. The highest BCUT2D eigenvalue weighted by Crippen LogP contribution is 2.28. The van der Waals surface area contributed by atoms with Gasteiger partial charge in [-0.3, -0.25) is 9.59 Å². The Hall–Kier alpha value is -3.18. The minimum absolute atomic E-state index is 0.129. The Morgan fingerprint density at radius 1 is 1.03 bits per heavy atom. The van der Waals surface area contributed by atoms with E-state index in [2.05, 4.69) is 4.99 Å². The van der Waals surface area contributed by atoms with E-state index < -0.39 is 21.7 Å². The summed E-state index contributed by atoms with van der Waals surface area (Å²) in [7, 11) is 0.776. The van der Waals surface area contributed by atoms with Gasteiger partial charge in [-0.2, -0.15) is 4.99 Å². The number of aromatic nitrogens is 1. The number of nitrogens with zero attached hydrogens (tertiary/aromatic N) is 2. The number of rotatable bonds is 6. The summed E-state index contributed by atoms with van der Waals surface area (Å²) in [6, 6.07) is 9.15. The van der Waals surface area contributed by atoms with Crippen molar-refractivity contribution in [2.24, 2.45) is 4.99 Å². The summed E-state index contributed by atoms with van der Waals surface area (Å²) in [6.07, 6.45) is 1.11. The van der Waals surface area contributed by atoms with Crippen molar-refractivity contribution < 1.29 is 32.2 Å². The number of ether oxygens (including phenoxy) is 3. The summed E-state index contributed by atoms with van der Waals surface area (Å²) < 4.78 is 41.0. The van der Waals surface area contributed by atoms with Crippen LogP contribution in [0.25, 0.3) is 10.2 Å². The van der Waals surface area contributed by atoms with E-state index in [0.717, 1.165) is 17.6 Å². The van der Waals surface area contributed by atoms with E-state index in [1.165, 1.54) is 44.1 Å². The first-order valence-electron chi connectivity index (χ1n) is 8.89. The normalized spacial score (nSPS) is 12.1. The van der Waals surface area contributed by atoms with E-state index in [9.17, 15) is 18.0 Å². The molecule has 164 valence electrons. The summed E-state index contributed by atoms with van der Waals surface area (Å²) in [5.74, 6) is -0.253. The monoisotopic (exact) mass is 464 g/mol. The van der Waals surface area contributed by atoms with E-state index in [-0.39, 0.29) is 21.8 Å². The molecule has 2 aromatic carbocycles. The lowest BCUT2D eigenvalue weighted by molar-refractivity contribution is -0.141. The molecule has 0 spiro atoms. The van der Waals surface area contributed by atoms with Crippen molar-refractivity contribution in [3.63, 3.8) is 0 Å². The fourth-order valence-electron chi connectivity index (χ4n) is 2.84. The maximum Gasteiger partial charge on any atom is 0.325 e. The molecule has 0 radical (unpaired) electrons. The Kier molecular flexibility index (Phi) is 6.46. The number of hydrogen-bond acceptors (Lipinski definition) is 8. The lowest BCUT2D eigenvalue weighted by atomic mass is 10.2. The molecule has 0 atom stereocenters. The van der Waals surface area contributed by atoms with Gasteiger partial charge in [-0.25, -0.2) is 8.42 Å². The van der Waals surface area contributed by atoms with Gasteiger partial charge >= 0.3 is 5.97 Å². The molecule has 0 saturated carbocycles. The van der Waals surface area contributed by atoms with Crippen LogP contribution in [0.2, 0.25) is 0 Å². The molecule has 0 aliphatic carbocycles. The van der Waals surface area contributed by atoms with Crippen LogP contribution in [0.3, 0.4) is 0 Å². The van der Waals surface area contributed by atoms with Crippen LogP contribution in [-0.2, 0) is 25.9 Å². The Balaban J connectivity index is 2.16. The number of methoxy groups -OCH3 is 3. The first kappa shape index (κ1) is 22.5. The van der Waals surface area contributed by atoms with Gasteiger partial charge in [0.25, 0.3) is 5.91 Å². The summed E-state index contributed by atoms with van der Waals surface area (Å²) in [4.78, 5) is 29.3. The molecule has 0 aliphatic heterocycles. The molecule has 9 nitrogen and oxygen atoms in total. The van der Waals surface area contributed by atoms with Crippen LogP contribution < -0.4 is 14.3 Å². The second-order valence-corrected chi connectivity index (χ2v) is 9.46. The van der Waals surface area contributed by atoms with Crippen LogP contribution in [0.4, 0.5) is 0 Å². The molecule has 0 fully saturated rings. The molecule has 3 aromatic rings. The van der Waals surface area contributed by atoms with Crippen LogP contribution in [0, 0.1) is 0 Å². The van der Waals surface area contributed by atoms with Crippen molar-refractivity contribution in [2.75, 3.05) is 27.6 Å². The van der Waals surface area contributed by atoms with Crippen LogP contribution in [-0.4, -0.2) is 52.4 Å². The zero-order chi connectivity index (χ0) is 22.8. The zero-order valence-corrected chi connectivity index (χ0v) is 18.9. The van der Waals surface area contributed by atoms with Crippen LogP contribution in [0.1, 0.15) is 10.4 Å². The Bertz CT molecular complexity index is 1340. The standard InChI is InChI=1S/C20H20N2O7S2/c1-27-15-8-5-12(9-16(15)28-2)19(24)21-20-22(11-18(23)29-3)14-7-6-13(31(4,25)26)10-17(14)30-20/h5-10H,11H2,1-4H3. The van der Waals surface area contributed by atoms with Gasteiger partial charge in [0.05, 0.1) is 36.4 Å². The van der Waals surface area contributed by atoms with Gasteiger partial charge in [-0.15, -0.1) is 0 Å². The Labute approximate surface area is 182 Å². The lowest BCUT2D eigenvalue weighted by Crippen LogP contribution is -2.22. The van der Waals surface area contributed by atoms with Gasteiger partial charge in [-0.05, 0) is 36.4 Å². The summed E-state index contributed by atoms with van der Waals surface area (Å²) >= 11 is 1.09. The quantitative estimate of drug-likeness (QED) is 0.513. The highest BCUT2D eigenvalue weighted by molar-refractivity contribution is 7.90. The fourth-order valence-corrected chi connectivity index (χ4v) is 4.63. The van der Waals surface area contributed by atoms with E-state index >= 15 is 0 Å². The van der Waals surface area contributed by atoms with Gasteiger partial charge in [0.1, 0.15) is 6.54 Å². The first-order valence-corrected chi connectivity index (χ1v) is 11.6. The molecule has 1 amide bonds. The van der Waals surface area contributed by atoms with E-state index in [1.807, 2.05) is 0 Å². The minimum Gasteiger partial charge on any atom is -0.493 e. The molecule has 3 rings (SSSR count). The maximum atomic E-state index is 12.8. The molecule has 1 aromatic heterocycles. The van der Waals surface area contributed by atoms with Gasteiger partial charge in [0.15, 0.2) is 26.1 Å². The molecular weight excluding hydrogens is 444 g/mol. The molecular formula is C20H20N2O7S2. The first-order chi connectivity index (χ1) is 14.7. The molecule has 0 aliphatic rings. The number of sulfone groups is 1. The number of fused-ring (bicyclic) bond motifs is 1. The molecule has 0 N–H and O–H groups in total. The number of esters is 1. The number of carbonyl (C=O) groups is 2. The van der Waals surface area contributed by atoms with E-state index in [1.54, 1.807) is 18.2 Å². The summed E-state index contributed by atoms with van der Waals surface area (Å²) in [6.45, 7) is -0.188. The van der Waals surface area contributed by atoms with Gasteiger partial charge in [0.2, 0.25) is 0 Å². The van der Waals surface area contributed by atoms with Crippen LogP contribution >= 0.6 is 11.3 Å². The van der Waals surface area contributed by atoms with E-state index in [0.29, 0.717) is 21.7 Å². The maximum absolute atomic E-state index is 12.8. The van der Waals surface area contributed by atoms with Crippen molar-refractivity contribution in [1.29, 1.82) is 0 Å².